The lowest BCUT2D eigenvalue weighted by Gasteiger charge is -2.64. The number of halogens is 26. The zero-order valence-electron chi connectivity index (χ0n) is 47.8. The summed E-state index contributed by atoms with van der Waals surface area (Å²) in [5, 5.41) is 20.4. The third kappa shape index (κ3) is 15.6. The van der Waals surface area contributed by atoms with Gasteiger partial charge < -0.3 is 29.2 Å². The predicted molar refractivity (Wildman–Crippen MR) is 264 cm³/mol. The molecule has 530 valence electrons. The van der Waals surface area contributed by atoms with Crippen molar-refractivity contribution in [3.05, 3.63) is 0 Å². The molecule has 39 heteroatoms. The highest BCUT2D eigenvalue weighted by Crippen LogP contribution is 2.70. The molecule has 4 fully saturated rings. The summed E-state index contributed by atoms with van der Waals surface area (Å²) in [5.41, 5.74) is -1.67. The van der Waals surface area contributed by atoms with Crippen LogP contribution < -0.4 is 0 Å². The van der Waals surface area contributed by atoms with Crippen LogP contribution in [0.1, 0.15) is 117 Å². The van der Waals surface area contributed by atoms with Gasteiger partial charge in [-0.25, -0.2) is 0 Å². The Bertz CT molecular complexity index is 2540. The number of hydrogen-bond acceptors (Lipinski definition) is 12. The molecule has 4 rings (SSSR count). The van der Waals surface area contributed by atoms with E-state index in [9.17, 15) is 148 Å². The number of hydrogen-bond donors (Lipinski definition) is 2. The molecule has 11 atom stereocenters. The van der Waals surface area contributed by atoms with Crippen LogP contribution >= 0.6 is 23.5 Å². The third-order valence-corrected chi connectivity index (χ3v) is 19.9. The van der Waals surface area contributed by atoms with Gasteiger partial charge in [-0.15, -0.1) is 0 Å². The van der Waals surface area contributed by atoms with Gasteiger partial charge in [0, 0.05) is 42.1 Å². The number of carbonyl (C=O) groups is 5. The Balaban J connectivity index is 1.39. The summed E-state index contributed by atoms with van der Waals surface area (Å²) in [5.74, 6) is -87.3. The van der Waals surface area contributed by atoms with Gasteiger partial charge in [0.25, 0.3) is 0 Å². The zero-order chi connectivity index (χ0) is 70.2. The number of fused-ring (bicyclic) bond motifs is 5. The average Bonchev–Trinajstić information content (AvgIpc) is 1.70. The minimum absolute atomic E-state index is 0.0726. The Morgan fingerprint density at radius 1 is 0.495 bits per heavy atom. The van der Waals surface area contributed by atoms with Crippen LogP contribution in [0.3, 0.4) is 0 Å². The molecule has 0 unspecified atom stereocenters. The van der Waals surface area contributed by atoms with Crippen molar-refractivity contribution in [1.82, 2.24) is 0 Å². The molecule has 0 heterocycles. The van der Waals surface area contributed by atoms with Gasteiger partial charge in [-0.2, -0.15) is 138 Å². The fraction of sp³-hybridized carbons (Fsp3) is 0.904. The molecule has 0 bridgehead atoms. The van der Waals surface area contributed by atoms with E-state index in [1.165, 1.54) is 0 Å². The first-order valence-corrected chi connectivity index (χ1v) is 30.0. The van der Waals surface area contributed by atoms with Crippen LogP contribution in [0.25, 0.3) is 0 Å². The van der Waals surface area contributed by atoms with Crippen molar-refractivity contribution in [1.29, 1.82) is 0 Å². The van der Waals surface area contributed by atoms with E-state index < -0.39 is 223 Å². The molecule has 0 spiro atoms. The number of carboxylic acids is 1. The van der Waals surface area contributed by atoms with Gasteiger partial charge in [0.15, 0.2) is 0 Å². The lowest BCUT2D eigenvalue weighted by Crippen LogP contribution is -2.70. The van der Waals surface area contributed by atoms with E-state index in [0.717, 1.165) is 0 Å². The topological polar surface area (TPSA) is 163 Å². The van der Waals surface area contributed by atoms with Crippen LogP contribution in [0.2, 0.25) is 0 Å². The molecule has 4 aliphatic carbocycles. The molecule has 0 aromatic heterocycles. The molecule has 4 aliphatic rings. The van der Waals surface area contributed by atoms with Gasteiger partial charge in [-0.3, -0.25) is 24.0 Å². The lowest BCUT2D eigenvalue weighted by atomic mass is 9.43. The third-order valence-electron chi connectivity index (χ3n) is 18.0. The van der Waals surface area contributed by atoms with E-state index in [1.54, 1.807) is 13.8 Å². The second-order valence-electron chi connectivity index (χ2n) is 23.5. The number of carbonyl (C=O) groups excluding carboxylic acids is 4. The highest BCUT2D eigenvalue weighted by Gasteiger charge is 2.92. The van der Waals surface area contributed by atoms with Gasteiger partial charge >= 0.3 is 101 Å². The largest absolute Gasteiger partial charge is 0.481 e. The van der Waals surface area contributed by atoms with Gasteiger partial charge in [0.2, 0.25) is 0 Å². The standard InChI is InChI=1S/C52H62F26O11S2/c1-25(4-7-33(80)81)28-5-6-29-38-30(24-32(40(28,29)3)89-37(85)11-9-35(83)87-17-21-91-19-15-42(55,56)44(59,60)46(63,64)48(67,68)50(71,72)52(76,77)78)39(2)13-12-27(79)22-26(39)23-31(38)88-36(84)10-8-34(82)86-16-20-90-18-14-41(53,54)43(57,58)45(61,62)47(65,66)49(69,70)51(73,74)75/h25-32,38,79H,4-24H2,1-3H3,(H,80,81)/t25-,26+,27-,28-,29+,30+,31-,32+,38+,39+,40-/m1/s1. The predicted octanol–water partition coefficient (Wildman–Crippen LogP) is 14.9. The maximum Gasteiger partial charge on any atom is 0.460 e. The number of alkyl halides is 26. The van der Waals surface area contributed by atoms with Crippen LogP contribution in [0.4, 0.5) is 114 Å². The van der Waals surface area contributed by atoms with Gasteiger partial charge in [0.1, 0.15) is 25.4 Å². The molecule has 0 saturated heterocycles. The summed E-state index contributed by atoms with van der Waals surface area (Å²) in [6.07, 6.45) is -23.8. The van der Waals surface area contributed by atoms with Crippen LogP contribution in [0, 0.1) is 46.3 Å². The number of carboxylic acid groups (broad SMARTS) is 1. The first-order valence-electron chi connectivity index (χ1n) is 27.7. The van der Waals surface area contributed by atoms with Crippen molar-refractivity contribution >= 4 is 53.4 Å². The first-order chi connectivity index (χ1) is 41.0. The van der Waals surface area contributed by atoms with Crippen molar-refractivity contribution in [2.75, 3.05) is 36.2 Å². The van der Waals surface area contributed by atoms with Crippen molar-refractivity contribution in [2.24, 2.45) is 46.3 Å². The number of rotatable bonds is 32. The van der Waals surface area contributed by atoms with Crippen LogP contribution in [0.5, 0.6) is 0 Å². The van der Waals surface area contributed by atoms with Crippen LogP contribution in [0.15, 0.2) is 0 Å². The summed E-state index contributed by atoms with van der Waals surface area (Å²) in [6, 6.07) is 0. The quantitative estimate of drug-likeness (QED) is 0.0283. The number of thioether (sulfide) groups is 2. The molecule has 2 N–H and O–H groups in total. The van der Waals surface area contributed by atoms with Crippen molar-refractivity contribution in [2.45, 2.75) is 207 Å². The second-order valence-corrected chi connectivity index (χ2v) is 26.0. The molecular formula is C52H62F26O11S2. The summed E-state index contributed by atoms with van der Waals surface area (Å²) in [4.78, 5) is 64.3. The number of ether oxygens (including phenoxy) is 4. The first kappa shape index (κ1) is 79.6. The molecule has 0 aromatic rings. The zero-order valence-corrected chi connectivity index (χ0v) is 49.4. The number of esters is 4. The number of aliphatic hydroxyl groups is 1. The van der Waals surface area contributed by atoms with E-state index in [-0.39, 0.29) is 73.4 Å². The minimum atomic E-state index is -8.06. The van der Waals surface area contributed by atoms with Gasteiger partial charge in [0.05, 0.1) is 31.8 Å². The van der Waals surface area contributed by atoms with E-state index in [1.807, 2.05) is 6.92 Å². The monoisotopic (exact) mass is 1420 g/mol. The Kier molecular flexibility index (Phi) is 24.6. The summed E-state index contributed by atoms with van der Waals surface area (Å²) >= 11 is 0.270. The highest BCUT2D eigenvalue weighted by atomic mass is 32.2. The van der Waals surface area contributed by atoms with E-state index >= 15 is 0 Å². The van der Waals surface area contributed by atoms with E-state index in [4.69, 9.17) is 18.9 Å². The normalized spacial score (nSPS) is 27.1. The molecule has 0 aromatic carbocycles. The highest BCUT2D eigenvalue weighted by molar-refractivity contribution is 7.99. The van der Waals surface area contributed by atoms with Crippen molar-refractivity contribution in [3.8, 4) is 0 Å². The molecule has 0 radical (unpaired) electrons. The molecule has 0 aliphatic heterocycles. The summed E-state index contributed by atoms with van der Waals surface area (Å²) in [7, 11) is 0. The molecule has 0 amide bonds. The van der Waals surface area contributed by atoms with Crippen LogP contribution in [-0.4, -0.2) is 166 Å². The second kappa shape index (κ2) is 28.1. The Hall–Kier alpha value is -3.81. The Morgan fingerprint density at radius 2 is 0.901 bits per heavy atom. The maximum absolute atomic E-state index is 14.2. The Morgan fingerprint density at radius 3 is 1.32 bits per heavy atom. The summed E-state index contributed by atoms with van der Waals surface area (Å²) < 4.78 is 372. The SMILES string of the molecule is C[C@H](CCC(=O)O)[C@H]1CC[C@H]2[C@@H]3[C@H](OC(=O)CCC(=O)OCCSCCC(F)(F)C(F)(F)C(F)(F)C(F)(F)C(F)(F)C(F)(F)F)C[C@@H]4C[C@H](O)CC[C@]4(C)[C@H]3C[C@H](OC(=O)CCC(=O)OCCSCCC(F)(F)C(F)(F)C(F)(F)C(F)(F)C(F)(F)C(F)(F)F)[C@]12C. The van der Waals surface area contributed by atoms with Gasteiger partial charge in [-0.1, -0.05) is 20.8 Å². The van der Waals surface area contributed by atoms with Crippen molar-refractivity contribution < 1.29 is 167 Å². The molecule has 11 nitrogen and oxygen atoms in total. The maximum atomic E-state index is 14.2. The smallest absolute Gasteiger partial charge is 0.460 e. The average molecular weight is 1420 g/mol. The number of aliphatic hydroxyl groups excluding tert-OH is 1. The Labute approximate surface area is 509 Å². The fourth-order valence-corrected chi connectivity index (χ4v) is 14.5. The minimum Gasteiger partial charge on any atom is -0.481 e. The lowest BCUT2D eigenvalue weighted by molar-refractivity contribution is -0.439. The summed E-state index contributed by atoms with van der Waals surface area (Å²) in [6.45, 7) is 4.01. The van der Waals surface area contributed by atoms with E-state index in [2.05, 4.69) is 0 Å². The van der Waals surface area contributed by atoms with Crippen molar-refractivity contribution in [3.63, 3.8) is 0 Å². The van der Waals surface area contributed by atoms with Crippen LogP contribution in [-0.2, 0) is 42.9 Å². The molecule has 4 saturated carbocycles. The van der Waals surface area contributed by atoms with E-state index in [0.29, 0.717) is 25.7 Å². The van der Waals surface area contributed by atoms with Gasteiger partial charge in [-0.05, 0) is 97.9 Å². The fourth-order valence-electron chi connectivity index (χ4n) is 12.9. The molecular weight excluding hydrogens is 1360 g/mol. The molecule has 91 heavy (non-hydrogen) atoms. The number of aliphatic carboxylic acids is 1.